The van der Waals surface area contributed by atoms with Gasteiger partial charge in [0.15, 0.2) is 0 Å². The van der Waals surface area contributed by atoms with Gasteiger partial charge in [0.2, 0.25) is 5.91 Å². The number of nitrogens with one attached hydrogen (secondary N) is 2. The van der Waals surface area contributed by atoms with E-state index in [-0.39, 0.29) is 17.4 Å². The number of amides is 1. The highest BCUT2D eigenvalue weighted by atomic mass is 35.5. The Morgan fingerprint density at radius 3 is 2.76 bits per heavy atom. The summed E-state index contributed by atoms with van der Waals surface area (Å²) in [6.07, 6.45) is 3.85. The third-order valence-corrected chi connectivity index (χ3v) is 4.70. The maximum Gasteiger partial charge on any atom is 0.226 e. The number of hydrogen-bond acceptors (Lipinski definition) is 2. The number of carbonyl (C=O) groups excluding carboxylic acids is 1. The maximum atomic E-state index is 12.8. The minimum Gasteiger partial charge on any atom is -0.349 e. The van der Waals surface area contributed by atoms with Crippen LogP contribution in [0.25, 0.3) is 0 Å². The molecule has 21 heavy (non-hydrogen) atoms. The molecule has 1 fully saturated rings. The van der Waals surface area contributed by atoms with E-state index in [1.165, 1.54) is 0 Å². The summed E-state index contributed by atoms with van der Waals surface area (Å²) in [5.74, 6) is 0.193. The van der Waals surface area contributed by atoms with Gasteiger partial charge in [-0.25, -0.2) is 0 Å². The SMILES string of the molecule is CCCC1(C(=O)NC(C)c2cccc(Cl)c2)CCNCC1. The van der Waals surface area contributed by atoms with Crippen molar-refractivity contribution >= 4 is 17.5 Å². The van der Waals surface area contributed by atoms with Gasteiger partial charge in [0.05, 0.1) is 11.5 Å². The molecule has 1 aromatic carbocycles. The van der Waals surface area contributed by atoms with Crippen LogP contribution in [0.15, 0.2) is 24.3 Å². The van der Waals surface area contributed by atoms with Crippen LogP contribution in [-0.4, -0.2) is 19.0 Å². The topological polar surface area (TPSA) is 41.1 Å². The van der Waals surface area contributed by atoms with Gasteiger partial charge in [-0.1, -0.05) is 37.1 Å². The molecule has 4 heteroatoms. The normalized spacial score (nSPS) is 19.0. The first-order valence-corrected chi connectivity index (χ1v) is 8.22. The minimum absolute atomic E-state index is 0.0141. The molecule has 0 aromatic heterocycles. The fourth-order valence-corrected chi connectivity index (χ4v) is 3.38. The zero-order chi connectivity index (χ0) is 15.3. The third kappa shape index (κ3) is 3.98. The highest BCUT2D eigenvalue weighted by Crippen LogP contribution is 2.35. The smallest absolute Gasteiger partial charge is 0.226 e. The van der Waals surface area contributed by atoms with Crippen LogP contribution in [-0.2, 0) is 4.79 Å². The molecule has 0 spiro atoms. The lowest BCUT2D eigenvalue weighted by molar-refractivity contribution is -0.133. The van der Waals surface area contributed by atoms with Gasteiger partial charge in [0.1, 0.15) is 0 Å². The molecular weight excluding hydrogens is 284 g/mol. The van der Waals surface area contributed by atoms with Crippen molar-refractivity contribution in [3.05, 3.63) is 34.9 Å². The molecule has 2 N–H and O–H groups in total. The summed E-state index contributed by atoms with van der Waals surface area (Å²) in [6, 6.07) is 7.69. The third-order valence-electron chi connectivity index (χ3n) is 4.47. The van der Waals surface area contributed by atoms with Crippen molar-refractivity contribution in [2.75, 3.05) is 13.1 Å². The van der Waals surface area contributed by atoms with E-state index in [4.69, 9.17) is 11.6 Å². The first-order valence-electron chi connectivity index (χ1n) is 7.84. The Morgan fingerprint density at radius 2 is 2.14 bits per heavy atom. The molecule has 116 valence electrons. The van der Waals surface area contributed by atoms with Gasteiger partial charge in [0.25, 0.3) is 0 Å². The van der Waals surface area contributed by atoms with Crippen molar-refractivity contribution in [1.29, 1.82) is 0 Å². The van der Waals surface area contributed by atoms with Crippen molar-refractivity contribution in [3.63, 3.8) is 0 Å². The number of hydrogen-bond donors (Lipinski definition) is 2. The largest absolute Gasteiger partial charge is 0.349 e. The molecule has 1 atom stereocenters. The lowest BCUT2D eigenvalue weighted by atomic mass is 9.74. The van der Waals surface area contributed by atoms with Crippen molar-refractivity contribution < 1.29 is 4.79 Å². The Balaban J connectivity index is 2.07. The highest BCUT2D eigenvalue weighted by Gasteiger charge is 2.38. The van der Waals surface area contributed by atoms with Crippen LogP contribution in [0, 0.1) is 5.41 Å². The quantitative estimate of drug-likeness (QED) is 0.871. The Hall–Kier alpha value is -1.06. The molecule has 3 nitrogen and oxygen atoms in total. The second-order valence-electron chi connectivity index (χ2n) is 6.03. The summed E-state index contributed by atoms with van der Waals surface area (Å²) in [6.45, 7) is 6.03. The zero-order valence-corrected chi connectivity index (χ0v) is 13.7. The van der Waals surface area contributed by atoms with E-state index >= 15 is 0 Å². The summed E-state index contributed by atoms with van der Waals surface area (Å²) in [7, 11) is 0. The maximum absolute atomic E-state index is 12.8. The summed E-state index contributed by atoms with van der Waals surface area (Å²) in [5.41, 5.74) is 0.851. The van der Waals surface area contributed by atoms with Crippen LogP contribution in [0.1, 0.15) is 51.1 Å². The van der Waals surface area contributed by atoms with Crippen LogP contribution in [0.2, 0.25) is 5.02 Å². The first kappa shape index (κ1) is 16.3. The number of piperidine rings is 1. The van der Waals surface area contributed by atoms with Crippen molar-refractivity contribution in [2.45, 2.75) is 45.6 Å². The van der Waals surface area contributed by atoms with Crippen molar-refractivity contribution in [3.8, 4) is 0 Å². The van der Waals surface area contributed by atoms with E-state index in [2.05, 4.69) is 17.6 Å². The molecular formula is C17H25ClN2O. The molecule has 1 amide bonds. The number of halogens is 1. The van der Waals surface area contributed by atoms with E-state index in [9.17, 15) is 4.79 Å². The van der Waals surface area contributed by atoms with Gasteiger partial charge in [-0.3, -0.25) is 4.79 Å². The predicted molar refractivity (Wildman–Crippen MR) is 87.5 cm³/mol. The Labute approximate surface area is 132 Å². The first-order chi connectivity index (χ1) is 10.1. The number of benzene rings is 1. The Morgan fingerprint density at radius 1 is 1.43 bits per heavy atom. The van der Waals surface area contributed by atoms with Gasteiger partial charge in [-0.05, 0) is 57.0 Å². The van der Waals surface area contributed by atoms with E-state index in [0.29, 0.717) is 5.02 Å². The number of rotatable bonds is 5. The molecule has 1 heterocycles. The zero-order valence-electron chi connectivity index (χ0n) is 12.9. The van der Waals surface area contributed by atoms with Crippen molar-refractivity contribution in [1.82, 2.24) is 10.6 Å². The number of carbonyl (C=O) groups is 1. The second-order valence-corrected chi connectivity index (χ2v) is 6.47. The molecule has 2 rings (SSSR count). The molecule has 1 aliphatic heterocycles. The molecule has 1 unspecified atom stereocenters. The van der Waals surface area contributed by atoms with Crippen LogP contribution in [0.5, 0.6) is 0 Å². The van der Waals surface area contributed by atoms with Crippen LogP contribution < -0.4 is 10.6 Å². The van der Waals surface area contributed by atoms with Crippen LogP contribution in [0.3, 0.4) is 0 Å². The van der Waals surface area contributed by atoms with E-state index in [0.717, 1.165) is 44.3 Å². The Bertz CT molecular complexity index is 478. The second kappa shape index (κ2) is 7.28. The monoisotopic (exact) mass is 308 g/mol. The van der Waals surface area contributed by atoms with Gasteiger partial charge < -0.3 is 10.6 Å². The fourth-order valence-electron chi connectivity index (χ4n) is 3.18. The standard InChI is InChI=1S/C17H25ClN2O/c1-3-7-17(8-10-19-11-9-17)16(21)20-13(2)14-5-4-6-15(18)12-14/h4-6,12-13,19H,3,7-11H2,1-2H3,(H,20,21). The average molecular weight is 309 g/mol. The highest BCUT2D eigenvalue weighted by molar-refractivity contribution is 6.30. The van der Waals surface area contributed by atoms with Gasteiger partial charge >= 0.3 is 0 Å². The van der Waals surface area contributed by atoms with Crippen LogP contribution >= 0.6 is 11.6 Å². The molecule has 0 bridgehead atoms. The van der Waals surface area contributed by atoms with Gasteiger partial charge in [-0.2, -0.15) is 0 Å². The molecule has 1 aliphatic rings. The fraction of sp³-hybridized carbons (Fsp3) is 0.588. The Kier molecular flexibility index (Phi) is 5.65. The summed E-state index contributed by atoms with van der Waals surface area (Å²) < 4.78 is 0. The molecule has 0 radical (unpaired) electrons. The molecule has 0 aliphatic carbocycles. The van der Waals surface area contributed by atoms with E-state index in [1.807, 2.05) is 31.2 Å². The van der Waals surface area contributed by atoms with Crippen LogP contribution in [0.4, 0.5) is 0 Å². The van der Waals surface area contributed by atoms with E-state index < -0.39 is 0 Å². The minimum atomic E-state index is -0.202. The summed E-state index contributed by atoms with van der Waals surface area (Å²) in [4.78, 5) is 12.8. The predicted octanol–water partition coefficient (Wildman–Crippen LogP) is 3.69. The van der Waals surface area contributed by atoms with Gasteiger partial charge in [-0.15, -0.1) is 0 Å². The molecule has 1 aromatic rings. The summed E-state index contributed by atoms with van der Waals surface area (Å²) >= 11 is 6.03. The molecule has 1 saturated heterocycles. The lowest BCUT2D eigenvalue weighted by Gasteiger charge is -2.37. The molecule has 0 saturated carbocycles. The van der Waals surface area contributed by atoms with E-state index in [1.54, 1.807) is 0 Å². The van der Waals surface area contributed by atoms with Gasteiger partial charge in [0, 0.05) is 5.02 Å². The lowest BCUT2D eigenvalue weighted by Crippen LogP contribution is -2.48. The summed E-state index contributed by atoms with van der Waals surface area (Å²) in [5, 5.41) is 7.25. The average Bonchev–Trinajstić information content (AvgIpc) is 2.48. The van der Waals surface area contributed by atoms with Crippen molar-refractivity contribution in [2.24, 2.45) is 5.41 Å².